The number of halogens is 2. The number of nitrogens with zero attached hydrogens (tertiary/aromatic N) is 2. The minimum Gasteiger partial charge on any atom is -0.345 e. The molecular weight excluding hydrogens is 405 g/mol. The first kappa shape index (κ1) is 21.3. The highest BCUT2D eigenvalue weighted by molar-refractivity contribution is 6.36. The lowest BCUT2D eigenvalue weighted by molar-refractivity contribution is 0.207. The summed E-state index contributed by atoms with van der Waals surface area (Å²) < 4.78 is 2.18. The van der Waals surface area contributed by atoms with E-state index in [4.69, 9.17) is 23.2 Å². The second-order valence-electron chi connectivity index (χ2n) is 6.94. The molecule has 4 nitrogen and oxygen atoms in total. The number of benzene rings is 2. The standard InChI is InChI=1S/C23H25Cl2N3O/c1-2-3-13-28(23(29)26-22-12-11-19(24)15-21(22)25)17-20-10-7-14-27(20)16-18-8-5-4-6-9-18/h4-12,14-15H,2-3,13,16-17H2,1H3,(H,26,29). The molecule has 0 spiro atoms. The van der Waals surface area contributed by atoms with Gasteiger partial charge in [0.25, 0.3) is 0 Å². The summed E-state index contributed by atoms with van der Waals surface area (Å²) in [6.45, 7) is 4.08. The van der Waals surface area contributed by atoms with Crippen molar-refractivity contribution >= 4 is 34.9 Å². The van der Waals surface area contributed by atoms with Crippen LogP contribution in [0.3, 0.4) is 0 Å². The third-order valence-corrected chi connectivity index (χ3v) is 5.26. The average Bonchev–Trinajstić information content (AvgIpc) is 3.14. The van der Waals surface area contributed by atoms with E-state index in [1.165, 1.54) is 5.56 Å². The molecule has 1 aromatic heterocycles. The molecule has 1 N–H and O–H groups in total. The monoisotopic (exact) mass is 429 g/mol. The maximum atomic E-state index is 13.0. The van der Waals surface area contributed by atoms with E-state index in [-0.39, 0.29) is 6.03 Å². The van der Waals surface area contributed by atoms with Crippen LogP contribution in [0.25, 0.3) is 0 Å². The number of carbonyl (C=O) groups is 1. The molecule has 2 amide bonds. The largest absolute Gasteiger partial charge is 0.345 e. The molecule has 0 atom stereocenters. The number of urea groups is 1. The maximum absolute atomic E-state index is 13.0. The summed E-state index contributed by atoms with van der Waals surface area (Å²) in [6, 6.07) is 19.3. The van der Waals surface area contributed by atoms with Crippen molar-refractivity contribution in [2.45, 2.75) is 32.9 Å². The van der Waals surface area contributed by atoms with Gasteiger partial charge in [-0.15, -0.1) is 0 Å². The van der Waals surface area contributed by atoms with Crippen LogP contribution in [-0.4, -0.2) is 22.0 Å². The van der Waals surface area contributed by atoms with Crippen LogP contribution in [0.15, 0.2) is 66.9 Å². The predicted molar refractivity (Wildman–Crippen MR) is 121 cm³/mol. The van der Waals surface area contributed by atoms with Gasteiger partial charge in [0, 0.05) is 30.0 Å². The second kappa shape index (κ2) is 10.4. The fourth-order valence-electron chi connectivity index (χ4n) is 3.11. The van der Waals surface area contributed by atoms with E-state index in [1.807, 2.05) is 35.4 Å². The van der Waals surface area contributed by atoms with E-state index >= 15 is 0 Å². The van der Waals surface area contributed by atoms with Crippen LogP contribution in [0, 0.1) is 0 Å². The van der Waals surface area contributed by atoms with Crippen molar-refractivity contribution < 1.29 is 4.79 Å². The Hall–Kier alpha value is -2.43. The Kier molecular flexibility index (Phi) is 7.62. The summed E-state index contributed by atoms with van der Waals surface area (Å²) in [5.41, 5.74) is 2.87. The van der Waals surface area contributed by atoms with Crippen molar-refractivity contribution in [2.24, 2.45) is 0 Å². The molecule has 0 unspecified atom stereocenters. The number of rotatable bonds is 8. The molecule has 2 aromatic carbocycles. The Bertz CT molecular complexity index is 940. The van der Waals surface area contributed by atoms with E-state index in [2.05, 4.69) is 35.0 Å². The van der Waals surface area contributed by atoms with Crippen LogP contribution in [0.2, 0.25) is 10.0 Å². The Morgan fingerprint density at radius 3 is 2.59 bits per heavy atom. The summed E-state index contributed by atoms with van der Waals surface area (Å²) in [5, 5.41) is 3.88. The lowest BCUT2D eigenvalue weighted by Crippen LogP contribution is -2.36. The summed E-state index contributed by atoms with van der Waals surface area (Å²) >= 11 is 12.2. The zero-order chi connectivity index (χ0) is 20.6. The molecule has 0 aliphatic carbocycles. The van der Waals surface area contributed by atoms with Gasteiger partial charge in [-0.05, 0) is 42.3 Å². The van der Waals surface area contributed by atoms with Crippen molar-refractivity contribution in [3.63, 3.8) is 0 Å². The minimum atomic E-state index is -0.171. The van der Waals surface area contributed by atoms with Gasteiger partial charge in [0.05, 0.1) is 17.3 Å². The van der Waals surface area contributed by atoms with E-state index in [0.29, 0.717) is 28.8 Å². The first-order chi connectivity index (χ1) is 14.1. The summed E-state index contributed by atoms with van der Waals surface area (Å²) in [7, 11) is 0. The molecule has 0 saturated heterocycles. The van der Waals surface area contributed by atoms with Crippen LogP contribution in [-0.2, 0) is 13.1 Å². The topological polar surface area (TPSA) is 37.3 Å². The Labute approximate surface area is 182 Å². The molecule has 0 aliphatic heterocycles. The molecule has 0 fully saturated rings. The van der Waals surface area contributed by atoms with Gasteiger partial charge in [-0.25, -0.2) is 4.79 Å². The van der Waals surface area contributed by atoms with Crippen LogP contribution in [0.1, 0.15) is 31.0 Å². The van der Waals surface area contributed by atoms with Crippen molar-refractivity contribution in [3.05, 3.63) is 88.2 Å². The third kappa shape index (κ3) is 6.02. The van der Waals surface area contributed by atoms with E-state index in [1.54, 1.807) is 18.2 Å². The zero-order valence-corrected chi connectivity index (χ0v) is 18.0. The molecule has 3 aromatic rings. The molecule has 0 bridgehead atoms. The number of hydrogen-bond donors (Lipinski definition) is 1. The van der Waals surface area contributed by atoms with Gasteiger partial charge in [-0.3, -0.25) is 0 Å². The van der Waals surface area contributed by atoms with E-state index in [0.717, 1.165) is 25.1 Å². The molecule has 0 aliphatic rings. The van der Waals surface area contributed by atoms with E-state index in [9.17, 15) is 4.79 Å². The molecule has 3 rings (SSSR count). The highest BCUT2D eigenvalue weighted by Gasteiger charge is 2.17. The first-order valence-corrected chi connectivity index (χ1v) is 10.5. The molecule has 0 saturated carbocycles. The second-order valence-corrected chi connectivity index (χ2v) is 7.79. The van der Waals surface area contributed by atoms with Crippen LogP contribution < -0.4 is 5.32 Å². The molecule has 29 heavy (non-hydrogen) atoms. The summed E-state index contributed by atoms with van der Waals surface area (Å²) in [6.07, 6.45) is 3.99. The molecule has 6 heteroatoms. The van der Waals surface area contributed by atoms with Crippen LogP contribution in [0.5, 0.6) is 0 Å². The maximum Gasteiger partial charge on any atom is 0.322 e. The zero-order valence-electron chi connectivity index (χ0n) is 16.4. The first-order valence-electron chi connectivity index (χ1n) is 9.75. The molecule has 152 valence electrons. The Balaban J connectivity index is 1.74. The highest BCUT2D eigenvalue weighted by Crippen LogP contribution is 2.26. The Morgan fingerprint density at radius 2 is 1.86 bits per heavy atom. The number of nitrogens with one attached hydrogen (secondary N) is 1. The number of amides is 2. The van der Waals surface area contributed by atoms with Gasteiger partial charge in [-0.2, -0.15) is 0 Å². The van der Waals surface area contributed by atoms with Gasteiger partial charge in [0.1, 0.15) is 0 Å². The quantitative estimate of drug-likeness (QED) is 0.425. The summed E-state index contributed by atoms with van der Waals surface area (Å²) in [5.74, 6) is 0. The van der Waals surface area contributed by atoms with Gasteiger partial charge >= 0.3 is 6.03 Å². The van der Waals surface area contributed by atoms with Crippen LogP contribution in [0.4, 0.5) is 10.5 Å². The van der Waals surface area contributed by atoms with Gasteiger partial charge < -0.3 is 14.8 Å². The molecular formula is C23H25Cl2N3O. The van der Waals surface area contributed by atoms with Gasteiger partial charge in [0.2, 0.25) is 0 Å². The normalized spacial score (nSPS) is 10.7. The number of carbonyl (C=O) groups excluding carboxylic acids is 1. The van der Waals surface area contributed by atoms with Crippen LogP contribution >= 0.6 is 23.2 Å². The number of unbranched alkanes of at least 4 members (excludes halogenated alkanes) is 1. The molecule has 1 heterocycles. The highest BCUT2D eigenvalue weighted by atomic mass is 35.5. The van der Waals surface area contributed by atoms with Crippen molar-refractivity contribution in [2.75, 3.05) is 11.9 Å². The lowest BCUT2D eigenvalue weighted by Gasteiger charge is -2.24. The van der Waals surface area contributed by atoms with Crippen molar-refractivity contribution in [1.29, 1.82) is 0 Å². The predicted octanol–water partition coefficient (Wildman–Crippen LogP) is 6.68. The van der Waals surface area contributed by atoms with Gasteiger partial charge in [-0.1, -0.05) is 66.9 Å². The molecule has 0 radical (unpaired) electrons. The number of anilines is 1. The minimum absolute atomic E-state index is 0.171. The lowest BCUT2D eigenvalue weighted by atomic mass is 10.2. The van der Waals surface area contributed by atoms with E-state index < -0.39 is 0 Å². The van der Waals surface area contributed by atoms with Gasteiger partial charge in [0.15, 0.2) is 0 Å². The van der Waals surface area contributed by atoms with Crippen molar-refractivity contribution in [1.82, 2.24) is 9.47 Å². The third-order valence-electron chi connectivity index (χ3n) is 4.71. The summed E-state index contributed by atoms with van der Waals surface area (Å²) in [4.78, 5) is 14.8. The Morgan fingerprint density at radius 1 is 1.07 bits per heavy atom. The average molecular weight is 430 g/mol. The fraction of sp³-hybridized carbons (Fsp3) is 0.261. The smallest absolute Gasteiger partial charge is 0.322 e. The van der Waals surface area contributed by atoms with Crippen molar-refractivity contribution in [3.8, 4) is 0 Å². The number of hydrogen-bond acceptors (Lipinski definition) is 1. The fourth-order valence-corrected chi connectivity index (χ4v) is 3.57. The SMILES string of the molecule is CCCCN(Cc1cccn1Cc1ccccc1)C(=O)Nc1ccc(Cl)cc1Cl. The number of aromatic nitrogens is 1.